The van der Waals surface area contributed by atoms with Gasteiger partial charge in [0.25, 0.3) is 0 Å². The molecule has 0 saturated heterocycles. The van der Waals surface area contributed by atoms with Crippen LogP contribution in [0.3, 0.4) is 0 Å². The monoisotopic (exact) mass is 506 g/mol. The molecule has 0 unspecified atom stereocenters. The Morgan fingerprint density at radius 2 is 1.59 bits per heavy atom. The first-order valence-corrected chi connectivity index (χ1v) is 13.0. The van der Waals surface area contributed by atoms with Crippen LogP contribution in [0.2, 0.25) is 0 Å². The lowest BCUT2D eigenvalue weighted by molar-refractivity contribution is 0.0977. The maximum absolute atomic E-state index is 12.3. The summed E-state index contributed by atoms with van der Waals surface area (Å²) in [4.78, 5) is 19.1. The molecular formula is C31H42N2O4. The zero-order chi connectivity index (χ0) is 27.4. The van der Waals surface area contributed by atoms with E-state index >= 15 is 0 Å². The third-order valence-electron chi connectivity index (χ3n) is 6.34. The van der Waals surface area contributed by atoms with Gasteiger partial charge in [-0.3, -0.25) is 4.79 Å². The Morgan fingerprint density at radius 3 is 2.14 bits per heavy atom. The first-order chi connectivity index (χ1) is 17.3. The van der Waals surface area contributed by atoms with E-state index in [0.29, 0.717) is 36.7 Å². The first-order valence-electron chi connectivity index (χ1n) is 13.0. The molecule has 6 nitrogen and oxygen atoms in total. The fourth-order valence-corrected chi connectivity index (χ4v) is 4.17. The molecule has 3 rings (SSSR count). The van der Waals surface area contributed by atoms with Crippen molar-refractivity contribution in [2.45, 2.75) is 71.6 Å². The van der Waals surface area contributed by atoms with Crippen LogP contribution in [-0.4, -0.2) is 48.0 Å². The highest BCUT2D eigenvalue weighted by Crippen LogP contribution is 2.41. The Morgan fingerprint density at radius 1 is 1.00 bits per heavy atom. The molecule has 0 amide bonds. The highest BCUT2D eigenvalue weighted by atomic mass is 16.5. The standard InChI is InChI=1S/C31H42N2O4/c1-30(2,3)25-18-22(19-26(28(25)35)31(4,5)6)29-32-23(20-37-29)15-17-36-24-13-11-21(12-14-24)27(34)10-9-16-33(7)8/h11-14,18-20,35H,9-10,15-17H2,1-8H3. The van der Waals surface area contributed by atoms with E-state index in [2.05, 4.69) is 51.4 Å². The van der Waals surface area contributed by atoms with Crippen LogP contribution in [0, 0.1) is 0 Å². The number of oxazole rings is 1. The molecule has 0 saturated carbocycles. The Bertz CT molecular complexity index is 1160. The summed E-state index contributed by atoms with van der Waals surface area (Å²) in [5.74, 6) is 1.74. The molecule has 2 aromatic carbocycles. The van der Waals surface area contributed by atoms with Gasteiger partial charge >= 0.3 is 0 Å². The topological polar surface area (TPSA) is 75.8 Å². The Kier molecular flexibility index (Phi) is 8.85. The van der Waals surface area contributed by atoms with E-state index < -0.39 is 0 Å². The number of aromatic nitrogens is 1. The Labute approximate surface area is 221 Å². The van der Waals surface area contributed by atoms with Crippen molar-refractivity contribution in [3.05, 3.63) is 65.0 Å². The van der Waals surface area contributed by atoms with Crippen LogP contribution < -0.4 is 4.74 Å². The van der Waals surface area contributed by atoms with Gasteiger partial charge in [0.15, 0.2) is 5.78 Å². The second-order valence-corrected chi connectivity index (χ2v) is 12.0. The summed E-state index contributed by atoms with van der Waals surface area (Å²) < 4.78 is 11.7. The van der Waals surface area contributed by atoms with Crippen molar-refractivity contribution < 1.29 is 19.1 Å². The van der Waals surface area contributed by atoms with Gasteiger partial charge in [-0.2, -0.15) is 0 Å². The summed E-state index contributed by atoms with van der Waals surface area (Å²) in [7, 11) is 4.02. The second kappa shape index (κ2) is 11.5. The SMILES string of the molecule is CN(C)CCCC(=O)c1ccc(OCCc2coc(-c3cc(C(C)(C)C)c(O)c(C(C)(C)C)c3)n2)cc1. The molecule has 1 aromatic heterocycles. The average Bonchev–Trinajstić information content (AvgIpc) is 3.26. The third-order valence-corrected chi connectivity index (χ3v) is 6.34. The van der Waals surface area contributed by atoms with E-state index in [1.54, 1.807) is 6.26 Å². The quantitative estimate of drug-likeness (QED) is 0.305. The van der Waals surface area contributed by atoms with Gasteiger partial charge in [-0.05, 0) is 74.3 Å². The number of phenolic OH excluding ortho intramolecular Hbond substituents is 1. The molecule has 0 spiro atoms. The van der Waals surface area contributed by atoms with Crippen molar-refractivity contribution in [3.63, 3.8) is 0 Å². The molecule has 0 atom stereocenters. The molecular weight excluding hydrogens is 464 g/mol. The predicted molar refractivity (Wildman–Crippen MR) is 149 cm³/mol. The molecule has 0 aliphatic rings. The van der Waals surface area contributed by atoms with Crippen molar-refractivity contribution in [2.75, 3.05) is 27.2 Å². The lowest BCUT2D eigenvalue weighted by atomic mass is 9.78. The summed E-state index contributed by atoms with van der Waals surface area (Å²) >= 11 is 0. The number of hydrogen-bond donors (Lipinski definition) is 1. The number of carbonyl (C=O) groups is 1. The summed E-state index contributed by atoms with van der Waals surface area (Å²) in [5, 5.41) is 11.0. The van der Waals surface area contributed by atoms with E-state index in [-0.39, 0.29) is 16.6 Å². The van der Waals surface area contributed by atoms with E-state index in [4.69, 9.17) is 9.15 Å². The van der Waals surface area contributed by atoms with Gasteiger partial charge < -0.3 is 19.2 Å². The maximum Gasteiger partial charge on any atom is 0.226 e. The normalized spacial score (nSPS) is 12.2. The highest BCUT2D eigenvalue weighted by molar-refractivity contribution is 5.96. The number of nitrogens with zero attached hydrogens (tertiary/aromatic N) is 2. The lowest BCUT2D eigenvalue weighted by Gasteiger charge is -2.27. The summed E-state index contributed by atoms with van der Waals surface area (Å²) in [6.07, 6.45) is 3.64. The van der Waals surface area contributed by atoms with Gasteiger partial charge in [-0.15, -0.1) is 0 Å². The fourth-order valence-electron chi connectivity index (χ4n) is 4.17. The molecule has 6 heteroatoms. The largest absolute Gasteiger partial charge is 0.507 e. The number of rotatable bonds is 10. The minimum absolute atomic E-state index is 0.155. The average molecular weight is 507 g/mol. The van der Waals surface area contributed by atoms with Crippen LogP contribution in [0.5, 0.6) is 11.5 Å². The molecule has 37 heavy (non-hydrogen) atoms. The number of phenols is 1. The summed E-state index contributed by atoms with van der Waals surface area (Å²) in [5.41, 5.74) is 3.66. The van der Waals surface area contributed by atoms with E-state index in [0.717, 1.165) is 41.1 Å². The lowest BCUT2D eigenvalue weighted by Crippen LogP contribution is -2.17. The zero-order valence-corrected chi connectivity index (χ0v) is 23.6. The van der Waals surface area contributed by atoms with Crippen molar-refractivity contribution in [1.82, 2.24) is 9.88 Å². The van der Waals surface area contributed by atoms with E-state index in [1.807, 2.05) is 50.5 Å². The van der Waals surface area contributed by atoms with Gasteiger partial charge in [-0.1, -0.05) is 41.5 Å². The molecule has 0 aliphatic heterocycles. The molecule has 0 fully saturated rings. The molecule has 0 radical (unpaired) electrons. The number of benzene rings is 2. The fraction of sp³-hybridized carbons (Fsp3) is 0.484. The third kappa shape index (κ3) is 7.68. The zero-order valence-electron chi connectivity index (χ0n) is 23.6. The van der Waals surface area contributed by atoms with Crippen LogP contribution in [-0.2, 0) is 17.3 Å². The van der Waals surface area contributed by atoms with Crippen molar-refractivity contribution in [3.8, 4) is 23.0 Å². The number of ether oxygens (including phenoxy) is 1. The van der Waals surface area contributed by atoms with Gasteiger partial charge in [0.1, 0.15) is 17.8 Å². The van der Waals surface area contributed by atoms with Crippen molar-refractivity contribution in [2.24, 2.45) is 0 Å². The van der Waals surface area contributed by atoms with Crippen LogP contribution >= 0.6 is 0 Å². The molecule has 0 aliphatic carbocycles. The predicted octanol–water partition coefficient (Wildman–Crippen LogP) is 6.79. The van der Waals surface area contributed by atoms with Crippen LogP contribution in [0.4, 0.5) is 0 Å². The van der Waals surface area contributed by atoms with Gasteiger partial charge in [0, 0.05) is 35.1 Å². The molecule has 3 aromatic rings. The summed E-state index contributed by atoms with van der Waals surface area (Å²) in [6, 6.07) is 11.3. The van der Waals surface area contributed by atoms with Crippen LogP contribution in [0.1, 0.15) is 81.6 Å². The number of Topliss-reactive ketones (excluding diaryl/α,β-unsaturated/α-hetero) is 1. The summed E-state index contributed by atoms with van der Waals surface area (Å²) in [6.45, 7) is 13.9. The Balaban J connectivity index is 1.64. The molecule has 1 N–H and O–H groups in total. The molecule has 200 valence electrons. The minimum Gasteiger partial charge on any atom is -0.507 e. The van der Waals surface area contributed by atoms with E-state index in [1.165, 1.54) is 0 Å². The van der Waals surface area contributed by atoms with Gasteiger partial charge in [0.05, 0.1) is 12.3 Å². The maximum atomic E-state index is 12.3. The number of carbonyl (C=O) groups excluding carboxylic acids is 1. The molecule has 0 bridgehead atoms. The minimum atomic E-state index is -0.226. The van der Waals surface area contributed by atoms with Crippen molar-refractivity contribution >= 4 is 5.78 Å². The van der Waals surface area contributed by atoms with Crippen molar-refractivity contribution in [1.29, 1.82) is 0 Å². The smallest absolute Gasteiger partial charge is 0.226 e. The highest BCUT2D eigenvalue weighted by Gasteiger charge is 2.27. The van der Waals surface area contributed by atoms with Gasteiger partial charge in [-0.25, -0.2) is 4.98 Å². The van der Waals surface area contributed by atoms with Gasteiger partial charge in [0.2, 0.25) is 5.89 Å². The number of aromatic hydroxyl groups is 1. The Hall–Kier alpha value is -3.12. The number of hydrogen-bond acceptors (Lipinski definition) is 6. The first kappa shape index (κ1) is 28.5. The number of ketones is 1. The van der Waals surface area contributed by atoms with E-state index in [9.17, 15) is 9.90 Å². The second-order valence-electron chi connectivity index (χ2n) is 12.0. The van der Waals surface area contributed by atoms with Crippen LogP contribution in [0.25, 0.3) is 11.5 Å². The van der Waals surface area contributed by atoms with Crippen LogP contribution in [0.15, 0.2) is 47.1 Å². The molecule has 1 heterocycles.